The van der Waals surface area contributed by atoms with Gasteiger partial charge in [0.1, 0.15) is 0 Å². The molecule has 2 amide bonds. The Hall–Kier alpha value is -3.68. The van der Waals surface area contributed by atoms with Gasteiger partial charge in [0.05, 0.1) is 24.3 Å². The molecule has 0 aromatic heterocycles. The monoisotopic (exact) mass is 384 g/mol. The van der Waals surface area contributed by atoms with Gasteiger partial charge in [0.15, 0.2) is 0 Å². The summed E-state index contributed by atoms with van der Waals surface area (Å²) in [5.74, 6) is -2.69. The summed E-state index contributed by atoms with van der Waals surface area (Å²) in [7, 11) is 0. The zero-order valence-electron chi connectivity index (χ0n) is 15.5. The second kappa shape index (κ2) is 9.86. The Labute approximate surface area is 161 Å². The fourth-order valence-electron chi connectivity index (χ4n) is 2.18. The first-order valence-electron chi connectivity index (χ1n) is 8.61. The maximum atomic E-state index is 12.0. The van der Waals surface area contributed by atoms with E-state index < -0.39 is 23.8 Å². The third-order valence-corrected chi connectivity index (χ3v) is 3.51. The average Bonchev–Trinajstić information content (AvgIpc) is 2.69. The fraction of sp³-hybridized carbons (Fsp3) is 0.200. The van der Waals surface area contributed by atoms with E-state index in [2.05, 4.69) is 10.6 Å². The molecule has 2 aromatic rings. The molecule has 8 nitrogen and oxygen atoms in total. The van der Waals surface area contributed by atoms with Crippen LogP contribution >= 0.6 is 0 Å². The van der Waals surface area contributed by atoms with Crippen molar-refractivity contribution < 1.29 is 28.7 Å². The van der Waals surface area contributed by atoms with Crippen molar-refractivity contribution in [3.8, 4) is 0 Å². The first-order chi connectivity index (χ1) is 13.4. The molecule has 2 N–H and O–H groups in total. The van der Waals surface area contributed by atoms with Gasteiger partial charge in [-0.3, -0.25) is 9.59 Å². The second-order valence-corrected chi connectivity index (χ2v) is 5.50. The summed E-state index contributed by atoms with van der Waals surface area (Å²) in [5.41, 5.74) is 1.38. The van der Waals surface area contributed by atoms with Crippen molar-refractivity contribution >= 4 is 35.1 Å². The number of hydrogen-bond donors (Lipinski definition) is 2. The zero-order valence-corrected chi connectivity index (χ0v) is 15.5. The summed E-state index contributed by atoms with van der Waals surface area (Å²) in [4.78, 5) is 47.2. The normalized spacial score (nSPS) is 9.93. The quantitative estimate of drug-likeness (QED) is 0.585. The van der Waals surface area contributed by atoms with E-state index in [0.29, 0.717) is 22.5 Å². The Morgan fingerprint density at radius 2 is 0.964 bits per heavy atom. The summed E-state index contributed by atoms with van der Waals surface area (Å²) in [6.45, 7) is 3.93. The Balaban J connectivity index is 1.93. The van der Waals surface area contributed by atoms with Gasteiger partial charge in [0.2, 0.25) is 0 Å². The van der Waals surface area contributed by atoms with Crippen molar-refractivity contribution in [2.24, 2.45) is 0 Å². The molecule has 8 heteroatoms. The lowest BCUT2D eigenvalue weighted by Gasteiger charge is -2.08. The van der Waals surface area contributed by atoms with Gasteiger partial charge in [0.25, 0.3) is 0 Å². The Morgan fingerprint density at radius 3 is 1.25 bits per heavy atom. The Morgan fingerprint density at radius 1 is 0.643 bits per heavy atom. The highest BCUT2D eigenvalue weighted by molar-refractivity contribution is 6.43. The van der Waals surface area contributed by atoms with Crippen molar-refractivity contribution in [2.45, 2.75) is 13.8 Å². The molecule has 0 saturated heterocycles. The minimum Gasteiger partial charge on any atom is -0.462 e. The number of hydrogen-bond acceptors (Lipinski definition) is 6. The maximum Gasteiger partial charge on any atom is 0.338 e. The molecule has 0 spiro atoms. The van der Waals surface area contributed by atoms with Crippen molar-refractivity contribution in [2.75, 3.05) is 23.8 Å². The molecule has 2 aromatic carbocycles. The molecule has 28 heavy (non-hydrogen) atoms. The number of esters is 2. The van der Waals surface area contributed by atoms with Gasteiger partial charge in [-0.15, -0.1) is 0 Å². The highest BCUT2D eigenvalue weighted by atomic mass is 16.5. The van der Waals surface area contributed by atoms with Crippen LogP contribution < -0.4 is 10.6 Å². The van der Waals surface area contributed by atoms with E-state index in [9.17, 15) is 19.2 Å². The van der Waals surface area contributed by atoms with Crippen LogP contribution in [-0.2, 0) is 19.1 Å². The highest BCUT2D eigenvalue weighted by Gasteiger charge is 2.15. The summed E-state index contributed by atoms with van der Waals surface area (Å²) in [6.07, 6.45) is 0. The standard InChI is InChI=1S/C20H20N2O6/c1-3-27-19(25)13-5-9-15(10-6-13)21-17(23)18(24)22-16-11-7-14(8-12-16)20(26)28-4-2/h5-12H,3-4H2,1-2H3,(H,21,23)(H,22,24). The number of carbonyl (C=O) groups is 4. The molecular weight excluding hydrogens is 364 g/mol. The maximum absolute atomic E-state index is 12.0. The molecule has 0 radical (unpaired) electrons. The molecule has 0 unspecified atom stereocenters. The molecule has 2 rings (SSSR count). The van der Waals surface area contributed by atoms with Gasteiger partial charge in [-0.2, -0.15) is 0 Å². The van der Waals surface area contributed by atoms with Crippen LogP contribution in [0.25, 0.3) is 0 Å². The lowest BCUT2D eigenvalue weighted by Crippen LogP contribution is -2.29. The van der Waals surface area contributed by atoms with E-state index in [4.69, 9.17) is 9.47 Å². The lowest BCUT2D eigenvalue weighted by molar-refractivity contribution is -0.132. The molecular formula is C20H20N2O6. The topological polar surface area (TPSA) is 111 Å². The van der Waals surface area contributed by atoms with E-state index in [1.54, 1.807) is 13.8 Å². The smallest absolute Gasteiger partial charge is 0.338 e. The molecule has 0 fully saturated rings. The van der Waals surface area contributed by atoms with Gasteiger partial charge >= 0.3 is 23.8 Å². The predicted molar refractivity (Wildman–Crippen MR) is 102 cm³/mol. The van der Waals surface area contributed by atoms with Gasteiger partial charge in [-0.25, -0.2) is 9.59 Å². The lowest BCUT2D eigenvalue weighted by atomic mass is 10.2. The van der Waals surface area contributed by atoms with Crippen LogP contribution in [0.3, 0.4) is 0 Å². The summed E-state index contributed by atoms with van der Waals surface area (Å²) < 4.78 is 9.74. The van der Waals surface area contributed by atoms with Crippen molar-refractivity contribution in [3.05, 3.63) is 59.7 Å². The molecule has 0 aliphatic carbocycles. The fourth-order valence-corrected chi connectivity index (χ4v) is 2.18. The van der Waals surface area contributed by atoms with Crippen LogP contribution in [0.15, 0.2) is 48.5 Å². The van der Waals surface area contributed by atoms with Crippen LogP contribution in [-0.4, -0.2) is 37.0 Å². The van der Waals surface area contributed by atoms with Gasteiger partial charge in [-0.05, 0) is 62.4 Å². The summed E-state index contributed by atoms with van der Waals surface area (Å²) in [6, 6.07) is 11.9. The SMILES string of the molecule is CCOC(=O)c1ccc(NC(=O)C(=O)Nc2ccc(C(=O)OCC)cc2)cc1. The number of nitrogens with one attached hydrogen (secondary N) is 2. The average molecular weight is 384 g/mol. The molecule has 0 aliphatic rings. The molecule has 0 aliphatic heterocycles. The largest absolute Gasteiger partial charge is 0.462 e. The minimum atomic E-state index is -0.877. The third kappa shape index (κ3) is 5.66. The van der Waals surface area contributed by atoms with Crippen molar-refractivity contribution in [1.29, 1.82) is 0 Å². The number of carbonyl (C=O) groups excluding carboxylic acids is 4. The second-order valence-electron chi connectivity index (χ2n) is 5.50. The van der Waals surface area contributed by atoms with Gasteiger partial charge in [-0.1, -0.05) is 0 Å². The number of benzene rings is 2. The first kappa shape index (κ1) is 20.6. The van der Waals surface area contributed by atoms with Crippen molar-refractivity contribution in [3.63, 3.8) is 0 Å². The third-order valence-electron chi connectivity index (χ3n) is 3.51. The van der Waals surface area contributed by atoms with Crippen LogP contribution in [0.4, 0.5) is 11.4 Å². The van der Waals surface area contributed by atoms with Crippen LogP contribution in [0.1, 0.15) is 34.6 Å². The predicted octanol–water partition coefficient (Wildman–Crippen LogP) is 2.62. The number of rotatable bonds is 6. The van der Waals surface area contributed by atoms with E-state index in [1.165, 1.54) is 48.5 Å². The number of ether oxygens (including phenoxy) is 2. The molecule has 0 bridgehead atoms. The van der Waals surface area contributed by atoms with E-state index >= 15 is 0 Å². The van der Waals surface area contributed by atoms with E-state index in [0.717, 1.165) is 0 Å². The Kier molecular flexibility index (Phi) is 7.27. The molecule has 0 atom stereocenters. The summed E-state index contributed by atoms with van der Waals surface area (Å²) in [5, 5.41) is 4.86. The van der Waals surface area contributed by atoms with Crippen molar-refractivity contribution in [1.82, 2.24) is 0 Å². The molecule has 0 heterocycles. The van der Waals surface area contributed by atoms with Crippen LogP contribution in [0.2, 0.25) is 0 Å². The Bertz CT molecular complexity index is 786. The van der Waals surface area contributed by atoms with E-state index in [-0.39, 0.29) is 13.2 Å². The number of amides is 2. The van der Waals surface area contributed by atoms with Gasteiger partial charge in [0, 0.05) is 11.4 Å². The minimum absolute atomic E-state index is 0.262. The molecule has 146 valence electrons. The van der Waals surface area contributed by atoms with Gasteiger partial charge < -0.3 is 20.1 Å². The zero-order chi connectivity index (χ0) is 20.5. The number of anilines is 2. The van der Waals surface area contributed by atoms with E-state index in [1.807, 2.05) is 0 Å². The highest BCUT2D eigenvalue weighted by Crippen LogP contribution is 2.13. The first-order valence-corrected chi connectivity index (χ1v) is 8.61. The summed E-state index contributed by atoms with van der Waals surface area (Å²) >= 11 is 0. The van der Waals surface area contributed by atoms with Crippen LogP contribution in [0.5, 0.6) is 0 Å². The van der Waals surface area contributed by atoms with Crippen LogP contribution in [0, 0.1) is 0 Å². The molecule has 0 saturated carbocycles.